The van der Waals surface area contributed by atoms with E-state index in [9.17, 15) is 33.9 Å². The molecule has 17 nitrogen and oxygen atoms in total. The van der Waals surface area contributed by atoms with Crippen molar-refractivity contribution in [1.82, 2.24) is 9.80 Å². The molecule has 5 aliphatic heterocycles. The lowest BCUT2D eigenvalue weighted by Gasteiger charge is -2.42. The Labute approximate surface area is 424 Å². The molecule has 0 saturated carbocycles. The molecule has 0 spiro atoms. The molecule has 0 bridgehead atoms. The van der Waals surface area contributed by atoms with E-state index in [0.29, 0.717) is 86.9 Å². The molecule has 1 N–H and O–H groups in total. The molecule has 0 radical (unpaired) electrons. The highest BCUT2D eigenvalue weighted by atomic mass is 16.7. The van der Waals surface area contributed by atoms with Gasteiger partial charge in [0, 0.05) is 44.7 Å². The number of piperidine rings is 2. The highest BCUT2D eigenvalue weighted by Crippen LogP contribution is 2.41. The second-order valence-electron chi connectivity index (χ2n) is 19.3. The number of unbranched alkanes of at least 4 members (excludes halogenated alkanes) is 4. The molecule has 3 fully saturated rings. The number of amides is 4. The molecule has 2 aromatic rings. The van der Waals surface area contributed by atoms with Gasteiger partial charge in [-0.2, -0.15) is 0 Å². The van der Waals surface area contributed by atoms with Crippen LogP contribution in [0.15, 0.2) is 49.6 Å². The van der Waals surface area contributed by atoms with Gasteiger partial charge >= 0.3 is 12.2 Å². The lowest BCUT2D eigenvalue weighted by Crippen LogP contribution is -2.57. The predicted octanol–water partition coefficient (Wildman–Crippen LogP) is 9.51. The minimum absolute atomic E-state index is 0.00477. The fraction of sp³-hybridized carbons (Fsp3) is 0.600. The van der Waals surface area contributed by atoms with E-state index in [1.807, 2.05) is 24.8 Å². The van der Waals surface area contributed by atoms with E-state index in [2.05, 4.69) is 13.2 Å². The summed E-state index contributed by atoms with van der Waals surface area (Å²) in [5.41, 5.74) is 3.07. The lowest BCUT2D eigenvalue weighted by molar-refractivity contribution is -0.198. The number of rotatable bonds is 20. The number of fused-ring (bicyclic) bond motifs is 4. The summed E-state index contributed by atoms with van der Waals surface area (Å²) in [4.78, 5) is 82.4. The van der Waals surface area contributed by atoms with Crippen LogP contribution in [-0.4, -0.2) is 127 Å². The summed E-state index contributed by atoms with van der Waals surface area (Å²) in [7, 11) is 0. The molecular weight excluding hydrogens is 925 g/mol. The fourth-order valence-corrected chi connectivity index (χ4v) is 9.97. The van der Waals surface area contributed by atoms with E-state index >= 15 is 0 Å². The van der Waals surface area contributed by atoms with Crippen molar-refractivity contribution in [1.29, 1.82) is 0 Å². The van der Waals surface area contributed by atoms with Crippen LogP contribution in [0.5, 0.6) is 11.5 Å². The molecule has 3 saturated heterocycles. The maximum Gasteiger partial charge on any atom is 0.416 e. The van der Waals surface area contributed by atoms with Crippen LogP contribution in [0.2, 0.25) is 0 Å². The molecule has 7 rings (SSSR count). The van der Waals surface area contributed by atoms with Gasteiger partial charge in [0.15, 0.2) is 18.7 Å². The zero-order valence-corrected chi connectivity index (χ0v) is 42.9. The van der Waals surface area contributed by atoms with Gasteiger partial charge in [-0.25, -0.2) is 19.4 Å². The van der Waals surface area contributed by atoms with Gasteiger partial charge in [-0.15, -0.1) is 0 Å². The van der Waals surface area contributed by atoms with Gasteiger partial charge in [0.05, 0.1) is 47.8 Å². The number of aliphatic hydroxyl groups excluding tert-OH is 1. The highest BCUT2D eigenvalue weighted by molar-refractivity contribution is 6.06. The Morgan fingerprint density at radius 1 is 0.653 bits per heavy atom. The third-order valence-electron chi connectivity index (χ3n) is 13.7. The summed E-state index contributed by atoms with van der Waals surface area (Å²) in [5, 5.41) is 11.2. The first kappa shape index (κ1) is 55.5. The number of aryl methyl sites for hydroxylation is 2. The molecule has 0 aliphatic carbocycles. The molecule has 5 heterocycles. The van der Waals surface area contributed by atoms with E-state index in [4.69, 9.17) is 28.4 Å². The van der Waals surface area contributed by atoms with E-state index in [1.165, 1.54) is 22.0 Å². The smallest absolute Gasteiger partial charge is 0.416 e. The Bertz CT molecular complexity index is 2240. The van der Waals surface area contributed by atoms with Crippen LogP contribution in [0.1, 0.15) is 155 Å². The Kier molecular flexibility index (Phi) is 21.1. The van der Waals surface area contributed by atoms with Crippen molar-refractivity contribution < 1.29 is 62.3 Å². The van der Waals surface area contributed by atoms with Gasteiger partial charge in [-0.1, -0.05) is 25.3 Å². The van der Waals surface area contributed by atoms with Crippen molar-refractivity contribution in [2.24, 2.45) is 0 Å². The van der Waals surface area contributed by atoms with Gasteiger partial charge in [0.2, 0.25) is 0 Å². The van der Waals surface area contributed by atoms with E-state index in [1.54, 1.807) is 36.9 Å². The topological polar surface area (TPSA) is 191 Å². The van der Waals surface area contributed by atoms with Crippen LogP contribution in [-0.2, 0) is 28.5 Å². The molecule has 5 atom stereocenters. The molecule has 5 aliphatic rings. The molecule has 2 aromatic carbocycles. The van der Waals surface area contributed by atoms with Gasteiger partial charge in [-0.3, -0.25) is 9.59 Å². The number of hydrogen-bond donors (Lipinski definition) is 1. The molecular formula is C55H76N4O13. The van der Waals surface area contributed by atoms with E-state index < -0.39 is 37.0 Å². The van der Waals surface area contributed by atoms with Crippen molar-refractivity contribution in [3.63, 3.8) is 0 Å². The number of anilines is 2. The van der Waals surface area contributed by atoms with Crippen molar-refractivity contribution >= 4 is 46.9 Å². The standard InChI is InChI=1S/C30H42N2O7.C25H34N2O6/c1-4-16-38-30(35)32-25-20-26(36-17-10-5-6-12-22(3)33)21(2)19-23(25)28(34)31-15-9-7-13-24(31)29(32)39-27-14-8-11-18-37-27;1-4-13-33-25(31)27-21-16-22(32-14-9-5-6-10-18(3)28)17(2)15-19(21)23(29)26-12-8-7-11-20(26)24(27)30/h4,19-20,24,27,29H,1,5-18H2,2-3H3;4,15-16,20,24,30H,1,5-14H2,2-3H3/t24-,27?,29?;20-,24?/m00/s1. The number of nitrogens with zero attached hydrogens (tertiary/aromatic N) is 4. The SMILES string of the molecule is C=CCOC(=O)N1c2cc(OCCCCCC(C)=O)c(C)cc2C(=O)N2CCCC[C@H]2C1O.C=CCOC(=O)N1c2cc(OCCCCCC(C)=O)c(C)cc2C(=O)N2CCCC[C@H]2C1OC1CCCCO1. The lowest BCUT2D eigenvalue weighted by atomic mass is 10.00. The third kappa shape index (κ3) is 14.2. The van der Waals surface area contributed by atoms with E-state index in [-0.39, 0.29) is 48.3 Å². The largest absolute Gasteiger partial charge is 0.493 e. The number of ketones is 2. The van der Waals surface area contributed by atoms with Crippen molar-refractivity contribution in [3.8, 4) is 11.5 Å². The highest BCUT2D eigenvalue weighted by Gasteiger charge is 2.47. The number of Topliss-reactive ketones (excluding diaryl/α,β-unsaturated/α-hetero) is 2. The normalized spacial score (nSPS) is 21.5. The van der Waals surface area contributed by atoms with Crippen molar-refractivity contribution in [2.75, 3.05) is 55.9 Å². The maximum atomic E-state index is 13.9. The number of aliphatic hydroxyl groups is 1. The van der Waals surface area contributed by atoms with Crippen LogP contribution >= 0.6 is 0 Å². The first-order valence-corrected chi connectivity index (χ1v) is 26.0. The van der Waals surface area contributed by atoms with Crippen molar-refractivity contribution in [2.45, 2.75) is 168 Å². The first-order chi connectivity index (χ1) is 34.7. The monoisotopic (exact) mass is 1000 g/mol. The number of hydrogen-bond acceptors (Lipinski definition) is 13. The van der Waals surface area contributed by atoms with E-state index in [0.717, 1.165) is 94.6 Å². The Hall–Kier alpha value is -5.78. The summed E-state index contributed by atoms with van der Waals surface area (Å²) < 4.78 is 35.3. The van der Waals surface area contributed by atoms with Crippen LogP contribution in [0.25, 0.3) is 0 Å². The first-order valence-electron chi connectivity index (χ1n) is 26.0. The Balaban J connectivity index is 0.000000239. The summed E-state index contributed by atoms with van der Waals surface area (Å²) in [5.74, 6) is 1.19. The minimum atomic E-state index is -1.23. The van der Waals surface area contributed by atoms with Gasteiger partial charge in [-0.05, 0) is 147 Å². The zero-order chi connectivity index (χ0) is 51.7. The summed E-state index contributed by atoms with van der Waals surface area (Å²) >= 11 is 0. The third-order valence-corrected chi connectivity index (χ3v) is 13.7. The quantitative estimate of drug-likeness (QED) is 0.0976. The molecule has 72 heavy (non-hydrogen) atoms. The number of ether oxygens (including phenoxy) is 6. The van der Waals surface area contributed by atoms with Crippen LogP contribution in [0.4, 0.5) is 21.0 Å². The maximum absolute atomic E-state index is 13.9. The molecule has 17 heteroatoms. The molecule has 4 amide bonds. The zero-order valence-electron chi connectivity index (χ0n) is 42.9. The summed E-state index contributed by atoms with van der Waals surface area (Å²) in [6, 6.07) is 6.12. The van der Waals surface area contributed by atoms with Crippen LogP contribution in [0.3, 0.4) is 0 Å². The molecule has 394 valence electrons. The predicted molar refractivity (Wildman–Crippen MR) is 272 cm³/mol. The number of carbonyl (C=O) groups is 6. The van der Waals surface area contributed by atoms with Gasteiger partial charge < -0.3 is 52.9 Å². The minimum Gasteiger partial charge on any atom is -0.493 e. The molecule has 0 aromatic heterocycles. The fourth-order valence-electron chi connectivity index (χ4n) is 9.97. The van der Waals surface area contributed by atoms with Crippen LogP contribution < -0.4 is 19.3 Å². The second-order valence-corrected chi connectivity index (χ2v) is 19.3. The van der Waals surface area contributed by atoms with Gasteiger partial charge in [0.1, 0.15) is 36.3 Å². The summed E-state index contributed by atoms with van der Waals surface area (Å²) in [6.07, 6.45) is 12.9. The number of carbonyl (C=O) groups excluding carboxylic acids is 6. The van der Waals surface area contributed by atoms with Gasteiger partial charge in [0.25, 0.3) is 11.8 Å². The average Bonchev–Trinajstić information content (AvgIpc) is 3.52. The Morgan fingerprint density at radius 3 is 1.64 bits per heavy atom. The molecule has 3 unspecified atom stereocenters. The second kappa shape index (κ2) is 27.3. The average molecular weight is 1000 g/mol. The summed E-state index contributed by atoms with van der Waals surface area (Å²) in [6.45, 7) is 16.9. The van der Waals surface area contributed by atoms with Crippen molar-refractivity contribution in [3.05, 3.63) is 71.8 Å². The Morgan fingerprint density at radius 2 is 1.14 bits per heavy atom. The number of benzene rings is 2. The van der Waals surface area contributed by atoms with Crippen LogP contribution in [0, 0.1) is 13.8 Å².